The predicted molar refractivity (Wildman–Crippen MR) is 168 cm³/mol. The molecule has 0 radical (unpaired) electrons. The SMILES string of the molecule is O=C(N[C@@H](C=C1CCC(c2ccccc2CN2CCCC2=O)CC1)Cc1ccc(Cl)cc1)[C@H]1Cc2ccccc2CN1. The van der Waals surface area contributed by atoms with Crippen molar-refractivity contribution in [2.75, 3.05) is 6.54 Å². The first-order valence-corrected chi connectivity index (χ1v) is 15.8. The minimum absolute atomic E-state index is 0.0550. The summed E-state index contributed by atoms with van der Waals surface area (Å²) >= 11 is 6.15. The summed E-state index contributed by atoms with van der Waals surface area (Å²) in [4.78, 5) is 27.8. The van der Waals surface area contributed by atoms with Gasteiger partial charge in [-0.1, -0.05) is 83.9 Å². The number of fused-ring (bicyclic) bond motifs is 1. The fraction of sp³-hybridized carbons (Fsp3) is 0.389. The Morgan fingerprint density at radius 3 is 2.48 bits per heavy atom. The Bertz CT molecular complexity index is 1440. The highest BCUT2D eigenvalue weighted by Crippen LogP contribution is 2.37. The second-order valence-electron chi connectivity index (χ2n) is 12.1. The number of rotatable bonds is 8. The van der Waals surface area contributed by atoms with Crippen LogP contribution in [-0.2, 0) is 35.5 Å². The fourth-order valence-corrected chi connectivity index (χ4v) is 6.98. The van der Waals surface area contributed by atoms with Crippen LogP contribution in [0.15, 0.2) is 84.4 Å². The lowest BCUT2D eigenvalue weighted by atomic mass is 9.79. The van der Waals surface area contributed by atoms with E-state index in [2.05, 4.69) is 59.2 Å². The van der Waals surface area contributed by atoms with Crippen molar-refractivity contribution < 1.29 is 9.59 Å². The average molecular weight is 582 g/mol. The number of hydrogen-bond acceptors (Lipinski definition) is 3. The number of amides is 2. The lowest BCUT2D eigenvalue weighted by Crippen LogP contribution is -2.50. The van der Waals surface area contributed by atoms with Gasteiger partial charge in [-0.05, 0) is 90.8 Å². The molecule has 2 fully saturated rings. The number of carbonyl (C=O) groups excluding carboxylic acids is 2. The maximum Gasteiger partial charge on any atom is 0.237 e. The van der Waals surface area contributed by atoms with Crippen molar-refractivity contribution in [3.63, 3.8) is 0 Å². The van der Waals surface area contributed by atoms with Crippen LogP contribution in [0.3, 0.4) is 0 Å². The number of benzene rings is 3. The molecule has 42 heavy (non-hydrogen) atoms. The van der Waals surface area contributed by atoms with Crippen molar-refractivity contribution in [1.29, 1.82) is 0 Å². The van der Waals surface area contributed by atoms with Crippen molar-refractivity contribution in [2.45, 2.75) is 82.5 Å². The quantitative estimate of drug-likeness (QED) is 0.299. The average Bonchev–Trinajstić information content (AvgIpc) is 3.42. The molecule has 1 saturated heterocycles. The molecular formula is C36H40ClN3O2. The maximum absolute atomic E-state index is 13.5. The third-order valence-corrected chi connectivity index (χ3v) is 9.44. The van der Waals surface area contributed by atoms with Crippen LogP contribution in [0.25, 0.3) is 0 Å². The Balaban J connectivity index is 1.13. The van der Waals surface area contributed by atoms with Gasteiger partial charge < -0.3 is 15.5 Å². The van der Waals surface area contributed by atoms with Gasteiger partial charge in [-0.3, -0.25) is 9.59 Å². The van der Waals surface area contributed by atoms with Gasteiger partial charge in [0, 0.05) is 31.1 Å². The molecule has 2 aliphatic heterocycles. The molecule has 0 aromatic heterocycles. The maximum atomic E-state index is 13.5. The normalized spacial score (nSPS) is 21.1. The first kappa shape index (κ1) is 28.7. The van der Waals surface area contributed by atoms with E-state index in [1.54, 1.807) is 0 Å². The van der Waals surface area contributed by atoms with E-state index in [4.69, 9.17) is 11.6 Å². The molecule has 3 aromatic rings. The second-order valence-corrected chi connectivity index (χ2v) is 12.5. The molecule has 6 heteroatoms. The Hall–Kier alpha value is -3.41. The van der Waals surface area contributed by atoms with Crippen LogP contribution in [0.5, 0.6) is 0 Å². The van der Waals surface area contributed by atoms with Crippen molar-refractivity contribution in [3.05, 3.63) is 117 Å². The topological polar surface area (TPSA) is 61.4 Å². The van der Waals surface area contributed by atoms with E-state index < -0.39 is 0 Å². The van der Waals surface area contributed by atoms with Crippen molar-refractivity contribution in [3.8, 4) is 0 Å². The number of allylic oxidation sites excluding steroid dienone is 1. The lowest BCUT2D eigenvalue weighted by Gasteiger charge is -2.29. The molecule has 1 saturated carbocycles. The van der Waals surface area contributed by atoms with E-state index in [-0.39, 0.29) is 23.9 Å². The molecule has 0 bridgehead atoms. The van der Waals surface area contributed by atoms with Gasteiger partial charge in [0.05, 0.1) is 12.1 Å². The van der Waals surface area contributed by atoms with Crippen molar-refractivity contribution in [1.82, 2.24) is 15.5 Å². The van der Waals surface area contributed by atoms with Gasteiger partial charge in [-0.15, -0.1) is 0 Å². The zero-order valence-corrected chi connectivity index (χ0v) is 24.9. The Morgan fingerprint density at radius 1 is 0.976 bits per heavy atom. The van der Waals surface area contributed by atoms with Gasteiger partial charge in [-0.2, -0.15) is 0 Å². The molecule has 6 rings (SSSR count). The minimum atomic E-state index is -0.235. The molecule has 3 aromatic carbocycles. The number of likely N-dealkylation sites (tertiary alicyclic amines) is 1. The summed E-state index contributed by atoms with van der Waals surface area (Å²) in [6.45, 7) is 2.31. The summed E-state index contributed by atoms with van der Waals surface area (Å²) in [7, 11) is 0. The third kappa shape index (κ3) is 6.96. The number of nitrogens with zero attached hydrogens (tertiary/aromatic N) is 1. The van der Waals surface area contributed by atoms with Crippen LogP contribution in [0, 0.1) is 0 Å². The summed E-state index contributed by atoms with van der Waals surface area (Å²) in [6.07, 6.45) is 9.59. The molecule has 218 valence electrons. The van der Waals surface area contributed by atoms with Crippen LogP contribution < -0.4 is 10.6 Å². The van der Waals surface area contributed by atoms with Crippen molar-refractivity contribution in [2.24, 2.45) is 0 Å². The Labute approximate surface area is 254 Å². The first-order chi connectivity index (χ1) is 20.5. The Morgan fingerprint density at radius 2 is 1.71 bits per heavy atom. The fourth-order valence-electron chi connectivity index (χ4n) is 6.85. The zero-order valence-electron chi connectivity index (χ0n) is 24.2. The molecule has 2 amide bonds. The summed E-state index contributed by atoms with van der Waals surface area (Å²) < 4.78 is 0. The van der Waals surface area contributed by atoms with Gasteiger partial charge >= 0.3 is 0 Å². The molecule has 2 heterocycles. The minimum Gasteiger partial charge on any atom is -0.348 e. The van der Waals surface area contributed by atoms with E-state index in [0.29, 0.717) is 25.3 Å². The number of carbonyl (C=O) groups is 2. The molecule has 0 unspecified atom stereocenters. The van der Waals surface area contributed by atoms with Gasteiger partial charge in [0.2, 0.25) is 11.8 Å². The largest absolute Gasteiger partial charge is 0.348 e. The highest BCUT2D eigenvalue weighted by Gasteiger charge is 2.27. The predicted octanol–water partition coefficient (Wildman–Crippen LogP) is 6.49. The van der Waals surface area contributed by atoms with Crippen LogP contribution in [0.1, 0.15) is 72.3 Å². The molecular weight excluding hydrogens is 542 g/mol. The van der Waals surface area contributed by atoms with Crippen LogP contribution in [-0.4, -0.2) is 35.3 Å². The van der Waals surface area contributed by atoms with E-state index in [9.17, 15) is 9.59 Å². The summed E-state index contributed by atoms with van der Waals surface area (Å²) in [5.74, 6) is 0.825. The van der Waals surface area contributed by atoms with E-state index >= 15 is 0 Å². The second kappa shape index (κ2) is 13.3. The summed E-state index contributed by atoms with van der Waals surface area (Å²) in [6, 6.07) is 24.7. The van der Waals surface area contributed by atoms with E-state index in [1.807, 2.05) is 35.2 Å². The summed E-state index contributed by atoms with van der Waals surface area (Å²) in [5.41, 5.74) is 7.77. The first-order valence-electron chi connectivity index (χ1n) is 15.4. The molecule has 2 atom stereocenters. The molecule has 1 aliphatic carbocycles. The van der Waals surface area contributed by atoms with Crippen LogP contribution in [0.4, 0.5) is 0 Å². The lowest BCUT2D eigenvalue weighted by molar-refractivity contribution is -0.128. The molecule has 3 aliphatic rings. The van der Waals surface area contributed by atoms with Gasteiger partial charge in [0.1, 0.15) is 0 Å². The van der Waals surface area contributed by atoms with Crippen LogP contribution >= 0.6 is 11.6 Å². The van der Waals surface area contributed by atoms with Crippen LogP contribution in [0.2, 0.25) is 5.02 Å². The standard InChI is InChI=1S/C36H40ClN3O2/c37-31-17-13-26(14-18-31)21-32(39-36(42)34-22-28-6-1-2-7-29(28)23-38-34)20-25-11-15-27(16-12-25)33-9-4-3-8-30(33)24-40-19-5-10-35(40)41/h1-4,6-9,13-14,17-18,20,27,32,34,38H,5,10-12,15-16,19,21-24H2,(H,39,42)/t27?,32-,34+/m0/s1. The number of nitrogens with one attached hydrogen (secondary N) is 2. The molecule has 5 nitrogen and oxygen atoms in total. The van der Waals surface area contributed by atoms with Gasteiger partial charge in [0.15, 0.2) is 0 Å². The molecule has 2 N–H and O–H groups in total. The van der Waals surface area contributed by atoms with Gasteiger partial charge in [-0.25, -0.2) is 0 Å². The highest BCUT2D eigenvalue weighted by atomic mass is 35.5. The third-order valence-electron chi connectivity index (χ3n) is 9.19. The van der Waals surface area contributed by atoms with E-state index in [0.717, 1.165) is 62.2 Å². The zero-order chi connectivity index (χ0) is 28.9. The van der Waals surface area contributed by atoms with Gasteiger partial charge in [0.25, 0.3) is 0 Å². The highest BCUT2D eigenvalue weighted by molar-refractivity contribution is 6.30. The number of hydrogen-bond donors (Lipinski definition) is 2. The number of halogens is 1. The smallest absolute Gasteiger partial charge is 0.237 e. The van der Waals surface area contributed by atoms with Crippen molar-refractivity contribution >= 4 is 23.4 Å². The summed E-state index contributed by atoms with van der Waals surface area (Å²) in [5, 5.41) is 7.53. The van der Waals surface area contributed by atoms with E-state index in [1.165, 1.54) is 27.8 Å². The molecule has 0 spiro atoms. The Kier molecular flexibility index (Phi) is 9.07. The monoisotopic (exact) mass is 581 g/mol.